The first-order chi connectivity index (χ1) is 9.36. The Morgan fingerprint density at radius 2 is 1.47 bits per heavy atom. The summed E-state index contributed by atoms with van der Waals surface area (Å²) in [5.41, 5.74) is 3.80. The summed E-state index contributed by atoms with van der Waals surface area (Å²) in [7, 11) is 0. The van der Waals surface area contributed by atoms with Crippen LogP contribution in [-0.4, -0.2) is 26.3 Å². The number of benzene rings is 2. The maximum absolute atomic E-state index is 5.44. The van der Waals surface area contributed by atoms with Crippen molar-refractivity contribution in [2.24, 2.45) is 0 Å². The number of morpholine rings is 1. The molecule has 1 saturated heterocycles. The van der Waals surface area contributed by atoms with Gasteiger partial charge < -0.3 is 9.64 Å². The quantitative estimate of drug-likeness (QED) is 0.831. The van der Waals surface area contributed by atoms with Gasteiger partial charge in [-0.15, -0.1) is 0 Å². The number of halogens is 1. The van der Waals surface area contributed by atoms with E-state index in [-0.39, 0.29) is 0 Å². The second kappa shape index (κ2) is 5.76. The molecule has 0 aromatic heterocycles. The monoisotopic (exact) mass is 317 g/mol. The molecule has 3 heteroatoms. The maximum Gasteiger partial charge on any atom is 0.0642 e. The molecule has 1 heterocycles. The Labute approximate surface area is 122 Å². The van der Waals surface area contributed by atoms with Gasteiger partial charge in [-0.05, 0) is 17.7 Å². The van der Waals surface area contributed by atoms with Crippen LogP contribution in [0.2, 0.25) is 0 Å². The average molecular weight is 318 g/mol. The third-order valence-corrected chi connectivity index (χ3v) is 4.11. The van der Waals surface area contributed by atoms with Gasteiger partial charge in [0.1, 0.15) is 0 Å². The predicted octanol–water partition coefficient (Wildman–Crippen LogP) is 3.95. The van der Waals surface area contributed by atoms with Gasteiger partial charge in [0, 0.05) is 28.8 Å². The van der Waals surface area contributed by atoms with E-state index in [2.05, 4.69) is 63.3 Å². The molecule has 3 rings (SSSR count). The highest BCUT2D eigenvalue weighted by Crippen LogP contribution is 2.35. The zero-order chi connectivity index (χ0) is 13.1. The van der Waals surface area contributed by atoms with Crippen LogP contribution in [0, 0.1) is 0 Å². The van der Waals surface area contributed by atoms with Gasteiger partial charge in [0.25, 0.3) is 0 Å². The van der Waals surface area contributed by atoms with Crippen molar-refractivity contribution in [3.63, 3.8) is 0 Å². The lowest BCUT2D eigenvalue weighted by atomic mass is 10.0. The topological polar surface area (TPSA) is 12.5 Å². The predicted molar refractivity (Wildman–Crippen MR) is 82.6 cm³/mol. The summed E-state index contributed by atoms with van der Waals surface area (Å²) in [6.45, 7) is 3.54. The summed E-state index contributed by atoms with van der Waals surface area (Å²) in [6, 6.07) is 16.9. The lowest BCUT2D eigenvalue weighted by Gasteiger charge is -2.30. The van der Waals surface area contributed by atoms with Crippen molar-refractivity contribution >= 4 is 21.6 Å². The molecule has 0 bridgehead atoms. The van der Waals surface area contributed by atoms with Crippen molar-refractivity contribution in [2.45, 2.75) is 0 Å². The zero-order valence-electron chi connectivity index (χ0n) is 10.7. The van der Waals surface area contributed by atoms with E-state index in [1.807, 2.05) is 6.07 Å². The summed E-state index contributed by atoms with van der Waals surface area (Å²) in [6.07, 6.45) is 0. The molecule has 0 saturated carbocycles. The molecule has 2 aromatic rings. The van der Waals surface area contributed by atoms with Crippen LogP contribution in [0.25, 0.3) is 11.1 Å². The molecule has 98 valence electrons. The third kappa shape index (κ3) is 2.67. The van der Waals surface area contributed by atoms with Crippen LogP contribution in [0.1, 0.15) is 0 Å². The molecule has 0 atom stereocenters. The summed E-state index contributed by atoms with van der Waals surface area (Å²) >= 11 is 3.65. The number of ether oxygens (including phenoxy) is 1. The van der Waals surface area contributed by atoms with E-state index >= 15 is 0 Å². The van der Waals surface area contributed by atoms with E-state index in [1.54, 1.807) is 0 Å². The molecule has 0 N–H and O–H groups in total. The van der Waals surface area contributed by atoms with Gasteiger partial charge in [0.05, 0.1) is 13.2 Å². The molecule has 0 radical (unpaired) electrons. The molecule has 0 amide bonds. The molecule has 1 aliphatic heterocycles. The summed E-state index contributed by atoms with van der Waals surface area (Å²) in [4.78, 5) is 2.40. The van der Waals surface area contributed by atoms with Gasteiger partial charge in [0.2, 0.25) is 0 Å². The van der Waals surface area contributed by atoms with E-state index in [0.717, 1.165) is 30.8 Å². The Hall–Kier alpha value is -1.32. The van der Waals surface area contributed by atoms with Crippen LogP contribution in [0.4, 0.5) is 5.69 Å². The van der Waals surface area contributed by atoms with Gasteiger partial charge in [-0.25, -0.2) is 0 Å². The lowest BCUT2D eigenvalue weighted by Crippen LogP contribution is -2.36. The molecule has 2 aromatic carbocycles. The maximum atomic E-state index is 5.44. The van der Waals surface area contributed by atoms with Crippen LogP contribution in [0.3, 0.4) is 0 Å². The van der Waals surface area contributed by atoms with Crippen molar-refractivity contribution < 1.29 is 4.74 Å². The molecule has 19 heavy (non-hydrogen) atoms. The van der Waals surface area contributed by atoms with Gasteiger partial charge >= 0.3 is 0 Å². The minimum absolute atomic E-state index is 0.810. The van der Waals surface area contributed by atoms with Crippen LogP contribution in [0.15, 0.2) is 53.0 Å². The second-order valence-electron chi connectivity index (χ2n) is 4.60. The van der Waals surface area contributed by atoms with E-state index in [9.17, 15) is 0 Å². The SMILES string of the molecule is Brc1ccccc1-c1ccccc1N1CCOCC1. The van der Waals surface area contributed by atoms with Crippen LogP contribution in [-0.2, 0) is 4.74 Å². The van der Waals surface area contributed by atoms with Crippen LogP contribution in [0.5, 0.6) is 0 Å². The standard InChI is InChI=1S/C16H16BrNO/c17-15-7-3-1-5-13(15)14-6-2-4-8-16(14)18-9-11-19-12-10-18/h1-8H,9-12H2. The molecule has 1 aliphatic rings. The van der Waals surface area contributed by atoms with E-state index in [4.69, 9.17) is 4.74 Å². The largest absolute Gasteiger partial charge is 0.378 e. The molecular weight excluding hydrogens is 302 g/mol. The highest BCUT2D eigenvalue weighted by molar-refractivity contribution is 9.10. The lowest BCUT2D eigenvalue weighted by molar-refractivity contribution is 0.123. The first-order valence-electron chi connectivity index (χ1n) is 6.53. The Balaban J connectivity index is 2.04. The summed E-state index contributed by atoms with van der Waals surface area (Å²) in [5, 5.41) is 0. The fourth-order valence-corrected chi connectivity index (χ4v) is 2.96. The highest BCUT2D eigenvalue weighted by Gasteiger charge is 2.16. The molecule has 0 spiro atoms. The van der Waals surface area contributed by atoms with E-state index in [0.29, 0.717) is 0 Å². The van der Waals surface area contributed by atoms with Crippen LogP contribution < -0.4 is 4.90 Å². The summed E-state index contributed by atoms with van der Waals surface area (Å²) in [5.74, 6) is 0. The summed E-state index contributed by atoms with van der Waals surface area (Å²) < 4.78 is 6.57. The van der Waals surface area contributed by atoms with Crippen molar-refractivity contribution in [3.8, 4) is 11.1 Å². The molecule has 0 unspecified atom stereocenters. The first-order valence-corrected chi connectivity index (χ1v) is 7.32. The minimum atomic E-state index is 0.810. The molecule has 0 aliphatic carbocycles. The number of rotatable bonds is 2. The molecular formula is C16H16BrNO. The second-order valence-corrected chi connectivity index (χ2v) is 5.45. The van der Waals surface area contributed by atoms with Crippen molar-refractivity contribution in [1.29, 1.82) is 0 Å². The van der Waals surface area contributed by atoms with Crippen molar-refractivity contribution in [2.75, 3.05) is 31.2 Å². The number of anilines is 1. The van der Waals surface area contributed by atoms with Gasteiger partial charge in [0.15, 0.2) is 0 Å². The van der Waals surface area contributed by atoms with Crippen molar-refractivity contribution in [3.05, 3.63) is 53.0 Å². The van der Waals surface area contributed by atoms with Crippen molar-refractivity contribution in [1.82, 2.24) is 0 Å². The van der Waals surface area contributed by atoms with Gasteiger partial charge in [-0.3, -0.25) is 0 Å². The van der Waals surface area contributed by atoms with Gasteiger partial charge in [-0.2, -0.15) is 0 Å². The third-order valence-electron chi connectivity index (χ3n) is 3.42. The number of hydrogen-bond donors (Lipinski definition) is 0. The fourth-order valence-electron chi connectivity index (χ4n) is 2.46. The van der Waals surface area contributed by atoms with Crippen LogP contribution >= 0.6 is 15.9 Å². The molecule has 2 nitrogen and oxygen atoms in total. The Bertz CT molecular complexity index is 564. The Morgan fingerprint density at radius 1 is 0.842 bits per heavy atom. The normalized spacial score (nSPS) is 15.5. The number of nitrogens with zero attached hydrogens (tertiary/aromatic N) is 1. The highest BCUT2D eigenvalue weighted by atomic mass is 79.9. The Morgan fingerprint density at radius 3 is 2.21 bits per heavy atom. The first kappa shape index (κ1) is 12.7. The number of hydrogen-bond acceptors (Lipinski definition) is 2. The van der Waals surface area contributed by atoms with E-state index in [1.165, 1.54) is 16.8 Å². The Kier molecular flexibility index (Phi) is 3.85. The average Bonchev–Trinajstić information content (AvgIpc) is 2.49. The molecule has 1 fully saturated rings. The fraction of sp³-hybridized carbons (Fsp3) is 0.250. The van der Waals surface area contributed by atoms with E-state index < -0.39 is 0 Å². The minimum Gasteiger partial charge on any atom is -0.378 e. The van der Waals surface area contributed by atoms with Gasteiger partial charge in [-0.1, -0.05) is 52.3 Å². The smallest absolute Gasteiger partial charge is 0.0642 e. The number of para-hydroxylation sites is 1. The zero-order valence-corrected chi connectivity index (χ0v) is 12.3.